The predicted octanol–water partition coefficient (Wildman–Crippen LogP) is 0.933. The lowest BCUT2D eigenvalue weighted by molar-refractivity contribution is -0.123. The number of aliphatic hydroxyl groups excluding tert-OH is 1. The second-order valence-corrected chi connectivity index (χ2v) is 10.3. The van der Waals surface area contributed by atoms with Gasteiger partial charge in [-0.3, -0.25) is 4.79 Å². The summed E-state index contributed by atoms with van der Waals surface area (Å²) in [7, 11) is -7.95. The van der Waals surface area contributed by atoms with Gasteiger partial charge in [0.15, 0.2) is 0 Å². The van der Waals surface area contributed by atoms with Gasteiger partial charge in [0.1, 0.15) is 11.9 Å². The lowest BCUT2D eigenvalue weighted by Crippen LogP contribution is -2.33. The summed E-state index contributed by atoms with van der Waals surface area (Å²) in [6.45, 7) is 0.297. The maximum absolute atomic E-state index is 13.0. The average molecular weight is 428 g/mol. The van der Waals surface area contributed by atoms with E-state index >= 15 is 0 Å². The monoisotopic (exact) mass is 428 g/mol. The molecule has 2 aromatic rings. The molecular weight excluding hydrogens is 411 g/mol. The molecule has 1 saturated heterocycles. The number of aliphatic hydroxyl groups is 1. The van der Waals surface area contributed by atoms with E-state index in [1.54, 1.807) is 0 Å². The van der Waals surface area contributed by atoms with Gasteiger partial charge in [0.05, 0.1) is 9.79 Å². The molecule has 1 amide bonds. The number of amides is 1. The summed E-state index contributed by atoms with van der Waals surface area (Å²) in [6.07, 6.45) is -0.812. The van der Waals surface area contributed by atoms with E-state index in [9.17, 15) is 31.1 Å². The number of carbonyl (C=O) groups excluding carboxylic acids is 1. The number of sulfonamides is 2. The Morgan fingerprint density at radius 2 is 1.43 bits per heavy atom. The molecule has 0 radical (unpaired) electrons. The SMILES string of the molecule is CN(S(=O)(=O)c1ccc(F)cc1)S(=O)(=O)c1ccc(N2CC[C@@H](O)C2=O)cc1. The van der Waals surface area contributed by atoms with Gasteiger partial charge in [-0.25, -0.2) is 21.2 Å². The summed E-state index contributed by atoms with van der Waals surface area (Å²) < 4.78 is 63.8. The Kier molecular flexibility index (Phi) is 5.28. The van der Waals surface area contributed by atoms with Crippen LogP contribution >= 0.6 is 0 Å². The third-order valence-electron chi connectivity index (χ3n) is 4.41. The van der Waals surface area contributed by atoms with Gasteiger partial charge in [-0.1, -0.05) is 3.71 Å². The highest BCUT2D eigenvalue weighted by molar-refractivity contribution is 8.04. The molecule has 3 rings (SSSR count). The Labute approximate surface area is 161 Å². The molecule has 1 fully saturated rings. The highest BCUT2D eigenvalue weighted by Gasteiger charge is 2.34. The van der Waals surface area contributed by atoms with Crippen molar-refractivity contribution in [2.75, 3.05) is 18.5 Å². The van der Waals surface area contributed by atoms with Crippen molar-refractivity contribution in [3.63, 3.8) is 0 Å². The van der Waals surface area contributed by atoms with Crippen molar-refractivity contribution in [3.05, 3.63) is 54.3 Å². The minimum absolute atomic E-state index is 0.215. The van der Waals surface area contributed by atoms with Crippen LogP contribution in [0.3, 0.4) is 0 Å². The first-order valence-electron chi connectivity index (χ1n) is 8.14. The van der Waals surface area contributed by atoms with Crippen LogP contribution in [0.15, 0.2) is 58.3 Å². The summed E-state index contributed by atoms with van der Waals surface area (Å²) in [4.78, 5) is 12.5. The molecule has 8 nitrogen and oxygen atoms in total. The van der Waals surface area contributed by atoms with E-state index in [0.29, 0.717) is 12.2 Å². The number of anilines is 1. The van der Waals surface area contributed by atoms with Gasteiger partial charge in [0.2, 0.25) is 0 Å². The molecule has 0 bridgehead atoms. The normalized spacial score (nSPS) is 18.1. The summed E-state index contributed by atoms with van der Waals surface area (Å²) in [5.41, 5.74) is 0.393. The first-order chi connectivity index (χ1) is 13.0. The summed E-state index contributed by atoms with van der Waals surface area (Å²) >= 11 is 0. The molecule has 1 heterocycles. The van der Waals surface area contributed by atoms with E-state index in [-0.39, 0.29) is 19.9 Å². The van der Waals surface area contributed by atoms with Crippen LogP contribution in [0.25, 0.3) is 0 Å². The zero-order valence-corrected chi connectivity index (χ0v) is 16.3. The highest BCUT2D eigenvalue weighted by atomic mass is 32.3. The second kappa shape index (κ2) is 7.24. The number of hydrogen-bond donors (Lipinski definition) is 1. The molecule has 11 heteroatoms. The van der Waals surface area contributed by atoms with Gasteiger partial charge in [-0.05, 0) is 48.5 Å². The Morgan fingerprint density at radius 1 is 0.964 bits per heavy atom. The molecule has 1 atom stereocenters. The van der Waals surface area contributed by atoms with Crippen molar-refractivity contribution >= 4 is 31.6 Å². The smallest absolute Gasteiger partial charge is 0.256 e. The van der Waals surface area contributed by atoms with E-state index in [2.05, 4.69) is 0 Å². The number of carbonyl (C=O) groups is 1. The van der Waals surface area contributed by atoms with Crippen LogP contribution in [0, 0.1) is 5.82 Å². The van der Waals surface area contributed by atoms with Crippen LogP contribution in [-0.2, 0) is 24.8 Å². The summed E-state index contributed by atoms with van der Waals surface area (Å²) in [5.74, 6) is -1.13. The fourth-order valence-electron chi connectivity index (χ4n) is 2.75. The largest absolute Gasteiger partial charge is 0.383 e. The minimum Gasteiger partial charge on any atom is -0.383 e. The molecule has 0 unspecified atom stereocenters. The summed E-state index contributed by atoms with van der Waals surface area (Å²) in [5, 5.41) is 9.52. The van der Waals surface area contributed by atoms with Crippen molar-refractivity contribution in [2.45, 2.75) is 22.3 Å². The Hall–Kier alpha value is -2.34. The molecule has 1 N–H and O–H groups in total. The van der Waals surface area contributed by atoms with Gasteiger partial charge in [-0.2, -0.15) is 0 Å². The van der Waals surface area contributed by atoms with Crippen molar-refractivity contribution in [1.29, 1.82) is 0 Å². The standard InChI is InChI=1S/C17H17FN2O6S2/c1-19(27(23,24)14-6-2-12(18)3-7-14)28(25,26)15-8-4-13(5-9-15)20-11-10-16(21)17(20)22/h2-9,16,21H,10-11H2,1H3/t16-/m1/s1. The highest BCUT2D eigenvalue weighted by Crippen LogP contribution is 2.26. The number of hydrogen-bond acceptors (Lipinski definition) is 6. The van der Waals surface area contributed by atoms with E-state index < -0.39 is 37.9 Å². The molecular formula is C17H17FN2O6S2. The molecule has 0 aromatic heterocycles. The van der Waals surface area contributed by atoms with Crippen LogP contribution in [0.2, 0.25) is 0 Å². The van der Waals surface area contributed by atoms with Gasteiger partial charge in [-0.15, -0.1) is 0 Å². The number of rotatable bonds is 5. The average Bonchev–Trinajstić information content (AvgIpc) is 3.00. The quantitative estimate of drug-likeness (QED) is 0.758. The van der Waals surface area contributed by atoms with Gasteiger partial charge in [0, 0.05) is 25.7 Å². The van der Waals surface area contributed by atoms with E-state index in [0.717, 1.165) is 31.3 Å². The lowest BCUT2D eigenvalue weighted by Gasteiger charge is -2.19. The van der Waals surface area contributed by atoms with Gasteiger partial charge >= 0.3 is 0 Å². The maximum atomic E-state index is 13.0. The molecule has 1 aliphatic rings. The van der Waals surface area contributed by atoms with Crippen molar-refractivity contribution < 1.29 is 31.1 Å². The molecule has 0 spiro atoms. The molecule has 1 aliphatic heterocycles. The summed E-state index contributed by atoms with van der Waals surface area (Å²) in [6, 6.07) is 8.88. The third kappa shape index (κ3) is 3.53. The zero-order valence-electron chi connectivity index (χ0n) is 14.7. The predicted molar refractivity (Wildman–Crippen MR) is 98.0 cm³/mol. The fraction of sp³-hybridized carbons (Fsp3) is 0.235. The Morgan fingerprint density at radius 3 is 1.86 bits per heavy atom. The third-order valence-corrected chi connectivity index (χ3v) is 8.68. The number of nitrogens with zero attached hydrogens (tertiary/aromatic N) is 2. The fourth-order valence-corrected chi connectivity index (χ4v) is 5.86. The Bertz CT molecular complexity index is 1100. The molecule has 150 valence electrons. The molecule has 0 saturated carbocycles. The van der Waals surface area contributed by atoms with Gasteiger partial charge in [0.25, 0.3) is 26.0 Å². The van der Waals surface area contributed by atoms with E-state index in [1.807, 2.05) is 0 Å². The van der Waals surface area contributed by atoms with Crippen LogP contribution < -0.4 is 4.90 Å². The Balaban J connectivity index is 1.90. The molecule has 28 heavy (non-hydrogen) atoms. The van der Waals surface area contributed by atoms with Crippen molar-refractivity contribution in [2.24, 2.45) is 0 Å². The van der Waals surface area contributed by atoms with Crippen molar-refractivity contribution in [1.82, 2.24) is 3.71 Å². The first kappa shape index (κ1) is 20.4. The van der Waals surface area contributed by atoms with E-state index in [4.69, 9.17) is 0 Å². The number of halogens is 1. The number of benzene rings is 2. The maximum Gasteiger partial charge on any atom is 0.256 e. The van der Waals surface area contributed by atoms with Crippen LogP contribution in [-0.4, -0.2) is 51.3 Å². The van der Waals surface area contributed by atoms with Crippen LogP contribution in [0.1, 0.15) is 6.42 Å². The van der Waals surface area contributed by atoms with Crippen LogP contribution in [0.4, 0.5) is 10.1 Å². The topological polar surface area (TPSA) is 112 Å². The molecule has 2 aromatic carbocycles. The van der Waals surface area contributed by atoms with E-state index in [1.165, 1.54) is 29.2 Å². The molecule has 0 aliphatic carbocycles. The van der Waals surface area contributed by atoms with Crippen molar-refractivity contribution in [3.8, 4) is 0 Å². The first-order valence-corrected chi connectivity index (χ1v) is 11.0. The lowest BCUT2D eigenvalue weighted by atomic mass is 10.3. The second-order valence-electron chi connectivity index (χ2n) is 6.13. The van der Waals surface area contributed by atoms with Crippen LogP contribution in [0.5, 0.6) is 0 Å². The van der Waals surface area contributed by atoms with Gasteiger partial charge < -0.3 is 10.0 Å². The zero-order chi connectivity index (χ0) is 20.7. The minimum atomic E-state index is -4.42.